The minimum Gasteiger partial charge on any atom is -0.403 e. The van der Waals surface area contributed by atoms with Crippen molar-refractivity contribution in [1.29, 1.82) is 0 Å². The van der Waals surface area contributed by atoms with Crippen molar-refractivity contribution in [3.8, 4) is 17.0 Å². The third-order valence-corrected chi connectivity index (χ3v) is 6.03. The highest BCUT2D eigenvalue weighted by Crippen LogP contribution is 2.40. The molecule has 0 atom stereocenters. The first-order valence-corrected chi connectivity index (χ1v) is 12.6. The molecule has 12 heteroatoms. The van der Waals surface area contributed by atoms with Gasteiger partial charge in [0, 0.05) is 61.1 Å². The molecule has 0 saturated carbocycles. The number of fused-ring (bicyclic) bond motifs is 1. The van der Waals surface area contributed by atoms with E-state index in [1.54, 1.807) is 24.2 Å². The van der Waals surface area contributed by atoms with Gasteiger partial charge in [-0.1, -0.05) is 36.9 Å². The number of rotatable bonds is 11. The molecule has 0 aliphatic rings. The maximum atomic E-state index is 13.5. The molecule has 0 unspecified atom stereocenters. The number of H-pyrrole nitrogens is 1. The largest absolute Gasteiger partial charge is 0.573 e. The molecule has 0 saturated heterocycles. The molecule has 3 N–H and O–H groups in total. The minimum atomic E-state index is -4.97. The van der Waals surface area contributed by atoms with Crippen LogP contribution < -0.4 is 20.3 Å². The summed E-state index contributed by atoms with van der Waals surface area (Å²) in [4.78, 5) is 28.1. The highest BCUT2D eigenvalue weighted by molar-refractivity contribution is 6.02. The number of ether oxygens (including phenoxy) is 1. The number of nitrogens with zero attached hydrogens (tertiary/aromatic N) is 4. The van der Waals surface area contributed by atoms with Crippen LogP contribution in [0.25, 0.3) is 22.2 Å². The summed E-state index contributed by atoms with van der Waals surface area (Å²) in [6, 6.07) is 12.0. The van der Waals surface area contributed by atoms with Crippen LogP contribution in [0.5, 0.6) is 5.75 Å². The van der Waals surface area contributed by atoms with E-state index in [9.17, 15) is 18.0 Å². The van der Waals surface area contributed by atoms with Gasteiger partial charge in [-0.25, -0.2) is 9.97 Å². The van der Waals surface area contributed by atoms with Crippen LogP contribution >= 0.6 is 0 Å². The zero-order chi connectivity index (χ0) is 29.6. The van der Waals surface area contributed by atoms with Gasteiger partial charge in [0.1, 0.15) is 0 Å². The van der Waals surface area contributed by atoms with Crippen LogP contribution in [0.1, 0.15) is 0 Å². The molecule has 0 radical (unpaired) electrons. The number of nitrogens with one attached hydrogen (secondary N) is 3. The number of amides is 1. The lowest BCUT2D eigenvalue weighted by Crippen LogP contribution is -2.29. The summed E-state index contributed by atoms with van der Waals surface area (Å²) in [5.41, 5.74) is 2.77. The highest BCUT2D eigenvalue weighted by atomic mass is 19.4. The minimum absolute atomic E-state index is 0.0392. The molecule has 1 amide bonds. The second kappa shape index (κ2) is 12.6. The molecule has 4 aromatic rings. The fraction of sp³-hybridized carbons (Fsp3) is 0.207. The van der Waals surface area contributed by atoms with Crippen molar-refractivity contribution in [1.82, 2.24) is 19.9 Å². The zero-order valence-electron chi connectivity index (χ0n) is 22.8. The van der Waals surface area contributed by atoms with Crippen molar-refractivity contribution in [2.24, 2.45) is 0 Å². The lowest BCUT2D eigenvalue weighted by Gasteiger charge is -2.26. The van der Waals surface area contributed by atoms with Gasteiger partial charge in [-0.3, -0.25) is 4.79 Å². The molecular formula is C29H30F3N7O2. The maximum Gasteiger partial charge on any atom is 0.573 e. The fourth-order valence-electron chi connectivity index (χ4n) is 4.06. The second-order valence-corrected chi connectivity index (χ2v) is 9.36. The van der Waals surface area contributed by atoms with Crippen LogP contribution in [0.15, 0.2) is 79.7 Å². The lowest BCUT2D eigenvalue weighted by molar-refractivity contribution is -0.274. The predicted molar refractivity (Wildman–Crippen MR) is 156 cm³/mol. The third kappa shape index (κ3) is 7.63. The van der Waals surface area contributed by atoms with E-state index in [1.165, 1.54) is 36.6 Å². The van der Waals surface area contributed by atoms with Gasteiger partial charge in [0.15, 0.2) is 5.75 Å². The SMILES string of the molecule is C=C/C=C\C(=O)Nc1cc(Nc2nccc(-c3c[nH]c4ccccc34)n2)c(OC(F)(F)F)cc1N(C)CCN(C)C. The average Bonchev–Trinajstić information content (AvgIpc) is 3.35. The van der Waals surface area contributed by atoms with Gasteiger partial charge in [0.2, 0.25) is 11.9 Å². The van der Waals surface area contributed by atoms with E-state index in [0.717, 1.165) is 16.5 Å². The number of hydrogen-bond acceptors (Lipinski definition) is 7. The lowest BCUT2D eigenvalue weighted by atomic mass is 10.1. The van der Waals surface area contributed by atoms with Crippen LogP contribution in [-0.4, -0.2) is 66.4 Å². The second-order valence-electron chi connectivity index (χ2n) is 9.36. The van der Waals surface area contributed by atoms with Crippen molar-refractivity contribution >= 4 is 39.8 Å². The van der Waals surface area contributed by atoms with Gasteiger partial charge in [-0.05, 0) is 32.3 Å². The Bertz CT molecular complexity index is 1560. The number of aromatic nitrogens is 3. The molecule has 2 heterocycles. The zero-order valence-corrected chi connectivity index (χ0v) is 22.8. The Hall–Kier alpha value is -4.84. The number of aromatic amines is 1. The summed E-state index contributed by atoms with van der Waals surface area (Å²) in [6.07, 6.45) is 2.49. The van der Waals surface area contributed by atoms with Crippen molar-refractivity contribution in [3.05, 3.63) is 79.7 Å². The van der Waals surface area contributed by atoms with E-state index < -0.39 is 18.0 Å². The van der Waals surface area contributed by atoms with Gasteiger partial charge >= 0.3 is 6.36 Å². The Kier molecular flexibility index (Phi) is 8.93. The molecule has 0 fully saturated rings. The first kappa shape index (κ1) is 29.2. The highest BCUT2D eigenvalue weighted by Gasteiger charge is 2.33. The number of hydrogen-bond donors (Lipinski definition) is 3. The summed E-state index contributed by atoms with van der Waals surface area (Å²) < 4.78 is 44.9. The smallest absolute Gasteiger partial charge is 0.403 e. The molecule has 2 aromatic heterocycles. The molecular weight excluding hydrogens is 535 g/mol. The van der Waals surface area contributed by atoms with E-state index in [2.05, 4.69) is 36.9 Å². The fourth-order valence-corrected chi connectivity index (χ4v) is 4.06. The number of likely N-dealkylation sites (N-methyl/N-ethyl adjacent to an activating group) is 2. The number of halogens is 3. The van der Waals surface area contributed by atoms with Gasteiger partial charge in [-0.2, -0.15) is 0 Å². The molecule has 0 aliphatic carbocycles. The van der Waals surface area contributed by atoms with Crippen molar-refractivity contribution < 1.29 is 22.7 Å². The van der Waals surface area contributed by atoms with Crippen molar-refractivity contribution in [2.75, 3.05) is 49.8 Å². The molecule has 41 heavy (non-hydrogen) atoms. The van der Waals surface area contributed by atoms with Gasteiger partial charge in [0.05, 0.1) is 22.8 Å². The maximum absolute atomic E-state index is 13.5. The molecule has 0 bridgehead atoms. The molecule has 2 aromatic carbocycles. The number of carbonyl (C=O) groups excluding carboxylic acids is 1. The first-order chi connectivity index (χ1) is 19.5. The number of anilines is 4. The van der Waals surface area contributed by atoms with Crippen molar-refractivity contribution in [3.63, 3.8) is 0 Å². The Morgan fingerprint density at radius 3 is 2.63 bits per heavy atom. The Morgan fingerprint density at radius 2 is 1.90 bits per heavy atom. The monoisotopic (exact) mass is 565 g/mol. The summed E-state index contributed by atoms with van der Waals surface area (Å²) in [5, 5.41) is 6.51. The topological polar surface area (TPSA) is 98.4 Å². The standard InChI is InChI=1S/C29H30F3N7O2/c1-5-6-11-27(40)35-23-16-24(26(41-29(30,31)32)17-25(23)39(4)15-14-38(2)3)37-28-33-13-12-22(36-28)20-18-34-21-10-8-7-9-19(20)21/h5-13,16-18,34H,1,14-15H2,2-4H3,(H,35,40)(H,33,36,37)/b11-6-. The van der Waals surface area contributed by atoms with E-state index in [0.29, 0.717) is 24.5 Å². The van der Waals surface area contributed by atoms with E-state index in [4.69, 9.17) is 0 Å². The summed E-state index contributed by atoms with van der Waals surface area (Å²) in [7, 11) is 5.48. The molecule has 0 spiro atoms. The van der Waals surface area contributed by atoms with Crippen LogP contribution in [0.4, 0.5) is 36.2 Å². The van der Waals surface area contributed by atoms with E-state index >= 15 is 0 Å². The van der Waals surface area contributed by atoms with E-state index in [1.807, 2.05) is 43.3 Å². The molecule has 4 rings (SSSR count). The van der Waals surface area contributed by atoms with Crippen LogP contribution in [0, 0.1) is 0 Å². The third-order valence-electron chi connectivity index (χ3n) is 6.03. The van der Waals surface area contributed by atoms with Crippen LogP contribution in [0.2, 0.25) is 0 Å². The predicted octanol–water partition coefficient (Wildman–Crippen LogP) is 5.95. The number of allylic oxidation sites excluding steroid dienone is 2. The van der Waals surface area contributed by atoms with Crippen LogP contribution in [0.3, 0.4) is 0 Å². The summed E-state index contributed by atoms with van der Waals surface area (Å²) >= 11 is 0. The quantitative estimate of drug-likeness (QED) is 0.153. The normalized spacial score (nSPS) is 11.7. The molecule has 9 nitrogen and oxygen atoms in total. The first-order valence-electron chi connectivity index (χ1n) is 12.6. The summed E-state index contributed by atoms with van der Waals surface area (Å²) in [5.74, 6) is -0.956. The Morgan fingerprint density at radius 1 is 1.12 bits per heavy atom. The average molecular weight is 566 g/mol. The van der Waals surface area contributed by atoms with Crippen molar-refractivity contribution in [2.45, 2.75) is 6.36 Å². The summed E-state index contributed by atoms with van der Waals surface area (Å²) in [6.45, 7) is 4.63. The number of carbonyl (C=O) groups is 1. The van der Waals surface area contributed by atoms with Gasteiger partial charge in [-0.15, -0.1) is 13.2 Å². The number of benzene rings is 2. The Labute approximate surface area is 235 Å². The number of alkyl halides is 3. The van der Waals surface area contributed by atoms with Crippen LogP contribution in [-0.2, 0) is 4.79 Å². The van der Waals surface area contributed by atoms with Gasteiger partial charge in [0.25, 0.3) is 0 Å². The molecule has 214 valence electrons. The molecule has 0 aliphatic heterocycles. The Balaban J connectivity index is 1.76. The van der Waals surface area contributed by atoms with E-state index in [-0.39, 0.29) is 17.3 Å². The van der Waals surface area contributed by atoms with Gasteiger partial charge < -0.3 is 30.2 Å². The number of para-hydroxylation sites is 1.